The van der Waals surface area contributed by atoms with Crippen LogP contribution in [0.15, 0.2) is 24.3 Å². The van der Waals surface area contributed by atoms with Crippen LogP contribution in [0.25, 0.3) is 0 Å². The van der Waals surface area contributed by atoms with Crippen LogP contribution in [-0.2, 0) is 16.1 Å². The average molecular weight is 346 g/mol. The normalized spacial score (nSPS) is 30.8. The molecule has 1 saturated heterocycles. The first-order valence-electron chi connectivity index (χ1n) is 9.46. The van der Waals surface area contributed by atoms with Crippen LogP contribution in [0.5, 0.6) is 0 Å². The first kappa shape index (κ1) is 18.2. The predicted molar refractivity (Wildman–Crippen MR) is 98.7 cm³/mol. The fourth-order valence-electron chi connectivity index (χ4n) is 4.16. The minimum atomic E-state index is -0.644. The summed E-state index contributed by atoms with van der Waals surface area (Å²) in [6, 6.07) is 8.87. The zero-order valence-electron chi connectivity index (χ0n) is 15.3. The Kier molecular flexibility index (Phi) is 5.97. The van der Waals surface area contributed by atoms with E-state index in [-0.39, 0.29) is 18.1 Å². The zero-order chi connectivity index (χ0) is 17.8. The minimum Gasteiger partial charge on any atom is -0.481 e. The number of hydrogen-bond acceptors (Lipinski definition) is 4. The number of carbonyl (C=O) groups is 1. The number of carboxylic acids is 1. The molecule has 0 radical (unpaired) electrons. The summed E-state index contributed by atoms with van der Waals surface area (Å²) in [4.78, 5) is 13.6. The molecule has 1 aromatic carbocycles. The van der Waals surface area contributed by atoms with Gasteiger partial charge in [0.25, 0.3) is 0 Å². The van der Waals surface area contributed by atoms with Crippen molar-refractivity contribution in [3.05, 3.63) is 29.8 Å². The largest absolute Gasteiger partial charge is 0.481 e. The molecular formula is C20H30N2O3. The molecule has 1 aliphatic carbocycles. The predicted octanol–water partition coefficient (Wildman–Crippen LogP) is 3.35. The first-order valence-corrected chi connectivity index (χ1v) is 9.46. The quantitative estimate of drug-likeness (QED) is 0.856. The Morgan fingerprint density at radius 1 is 1.16 bits per heavy atom. The van der Waals surface area contributed by atoms with E-state index in [4.69, 9.17) is 9.84 Å². The molecular weight excluding hydrogens is 316 g/mol. The lowest BCUT2D eigenvalue weighted by atomic mass is 9.86. The first-order chi connectivity index (χ1) is 12.0. The summed E-state index contributed by atoms with van der Waals surface area (Å²) < 4.78 is 5.83. The molecule has 5 heteroatoms. The van der Waals surface area contributed by atoms with E-state index in [1.807, 2.05) is 0 Å². The number of nitrogens with one attached hydrogen (secondary N) is 1. The third-order valence-electron chi connectivity index (χ3n) is 5.34. The molecule has 0 amide bonds. The van der Waals surface area contributed by atoms with E-state index in [2.05, 4.69) is 48.3 Å². The Balaban J connectivity index is 1.60. The number of ether oxygens (including phenoxy) is 1. The highest BCUT2D eigenvalue weighted by Gasteiger charge is 2.27. The van der Waals surface area contributed by atoms with Gasteiger partial charge in [-0.25, -0.2) is 0 Å². The van der Waals surface area contributed by atoms with Crippen molar-refractivity contribution in [2.45, 2.75) is 64.3 Å². The van der Waals surface area contributed by atoms with Crippen LogP contribution in [0.3, 0.4) is 0 Å². The molecule has 3 rings (SSSR count). The van der Waals surface area contributed by atoms with Crippen molar-refractivity contribution in [3.8, 4) is 0 Å². The number of hydrogen-bond donors (Lipinski definition) is 2. The molecule has 5 nitrogen and oxygen atoms in total. The van der Waals surface area contributed by atoms with Crippen molar-refractivity contribution in [2.75, 3.05) is 18.4 Å². The van der Waals surface area contributed by atoms with Gasteiger partial charge in [0.1, 0.15) is 0 Å². The third kappa shape index (κ3) is 4.95. The highest BCUT2D eigenvalue weighted by Crippen LogP contribution is 2.28. The van der Waals surface area contributed by atoms with Crippen LogP contribution in [0, 0.1) is 5.92 Å². The second-order valence-electron chi connectivity index (χ2n) is 7.64. The maximum atomic E-state index is 11.1. The molecule has 0 aromatic heterocycles. The summed E-state index contributed by atoms with van der Waals surface area (Å²) in [6.45, 7) is 7.11. The topological polar surface area (TPSA) is 61.8 Å². The van der Waals surface area contributed by atoms with Gasteiger partial charge in [0, 0.05) is 31.4 Å². The van der Waals surface area contributed by atoms with E-state index in [9.17, 15) is 4.79 Å². The molecule has 138 valence electrons. The Morgan fingerprint density at radius 3 is 2.44 bits per heavy atom. The van der Waals surface area contributed by atoms with E-state index in [0.29, 0.717) is 6.04 Å². The number of anilines is 1. The molecule has 1 aliphatic heterocycles. The third-order valence-corrected chi connectivity index (χ3v) is 5.34. The second-order valence-corrected chi connectivity index (χ2v) is 7.64. The molecule has 2 N–H and O–H groups in total. The summed E-state index contributed by atoms with van der Waals surface area (Å²) in [5.74, 6) is -0.806. The summed E-state index contributed by atoms with van der Waals surface area (Å²) in [6.07, 6.45) is 3.94. The number of nitrogens with zero attached hydrogens (tertiary/aromatic N) is 1. The fourth-order valence-corrected chi connectivity index (χ4v) is 4.16. The Hall–Kier alpha value is -1.59. The van der Waals surface area contributed by atoms with Crippen LogP contribution in [-0.4, -0.2) is 47.3 Å². The maximum Gasteiger partial charge on any atom is 0.306 e. The molecule has 2 fully saturated rings. The fraction of sp³-hybridized carbons (Fsp3) is 0.650. The van der Waals surface area contributed by atoms with Gasteiger partial charge in [-0.15, -0.1) is 0 Å². The van der Waals surface area contributed by atoms with Gasteiger partial charge in [-0.05, 0) is 51.2 Å². The van der Waals surface area contributed by atoms with Crippen molar-refractivity contribution in [2.24, 2.45) is 5.92 Å². The van der Waals surface area contributed by atoms with Crippen LogP contribution in [0.1, 0.15) is 45.1 Å². The van der Waals surface area contributed by atoms with Gasteiger partial charge in [0.2, 0.25) is 0 Å². The molecule has 0 spiro atoms. The van der Waals surface area contributed by atoms with Crippen molar-refractivity contribution >= 4 is 11.7 Å². The van der Waals surface area contributed by atoms with Crippen molar-refractivity contribution in [3.63, 3.8) is 0 Å². The lowest BCUT2D eigenvalue weighted by molar-refractivity contribution is -0.142. The summed E-state index contributed by atoms with van der Waals surface area (Å²) in [7, 11) is 0. The number of para-hydroxylation sites is 1. The van der Waals surface area contributed by atoms with Gasteiger partial charge in [-0.1, -0.05) is 18.2 Å². The van der Waals surface area contributed by atoms with Crippen LogP contribution < -0.4 is 5.32 Å². The molecule has 1 saturated carbocycles. The van der Waals surface area contributed by atoms with Gasteiger partial charge in [-0.2, -0.15) is 0 Å². The monoisotopic (exact) mass is 346 g/mol. The van der Waals surface area contributed by atoms with E-state index in [1.54, 1.807) is 0 Å². The van der Waals surface area contributed by atoms with Crippen molar-refractivity contribution < 1.29 is 14.6 Å². The molecule has 25 heavy (non-hydrogen) atoms. The SMILES string of the molecule is CC1CN(Cc2ccccc2NC2CCC(C(=O)O)CC2)CC(C)O1. The zero-order valence-corrected chi connectivity index (χ0v) is 15.3. The lowest BCUT2D eigenvalue weighted by Gasteiger charge is -2.36. The highest BCUT2D eigenvalue weighted by molar-refractivity contribution is 5.70. The summed E-state index contributed by atoms with van der Waals surface area (Å²) in [5, 5.41) is 12.8. The van der Waals surface area contributed by atoms with Crippen LogP contribution >= 0.6 is 0 Å². The maximum absolute atomic E-state index is 11.1. The number of morpholine rings is 1. The molecule has 0 bridgehead atoms. The Bertz CT molecular complexity index is 574. The van der Waals surface area contributed by atoms with Crippen LogP contribution in [0.4, 0.5) is 5.69 Å². The molecule has 2 aliphatic rings. The average Bonchev–Trinajstić information content (AvgIpc) is 2.56. The second kappa shape index (κ2) is 8.19. The highest BCUT2D eigenvalue weighted by atomic mass is 16.5. The van der Waals surface area contributed by atoms with Gasteiger partial charge >= 0.3 is 5.97 Å². The van der Waals surface area contributed by atoms with Crippen molar-refractivity contribution in [1.29, 1.82) is 0 Å². The van der Waals surface area contributed by atoms with Gasteiger partial charge in [0.05, 0.1) is 18.1 Å². The molecule has 2 unspecified atom stereocenters. The summed E-state index contributed by atoms with van der Waals surface area (Å²) >= 11 is 0. The van der Waals surface area contributed by atoms with Crippen LogP contribution in [0.2, 0.25) is 0 Å². The standard InChI is InChI=1S/C20H30N2O3/c1-14-11-22(12-15(2)25-14)13-17-5-3-4-6-19(17)21-18-9-7-16(8-10-18)20(23)24/h3-6,14-16,18,21H,7-13H2,1-2H3,(H,23,24). The molecule has 1 aromatic rings. The molecule has 2 atom stereocenters. The van der Waals surface area contributed by atoms with Gasteiger partial charge < -0.3 is 15.2 Å². The van der Waals surface area contributed by atoms with E-state index < -0.39 is 5.97 Å². The van der Waals surface area contributed by atoms with Crippen molar-refractivity contribution in [1.82, 2.24) is 4.90 Å². The number of rotatable bonds is 5. The number of carboxylic acid groups (broad SMARTS) is 1. The van der Waals surface area contributed by atoms with Gasteiger partial charge in [-0.3, -0.25) is 9.69 Å². The summed E-state index contributed by atoms with van der Waals surface area (Å²) in [5.41, 5.74) is 2.50. The Labute approximate surface area is 150 Å². The number of aliphatic carboxylic acids is 1. The van der Waals surface area contributed by atoms with E-state index in [0.717, 1.165) is 45.3 Å². The smallest absolute Gasteiger partial charge is 0.306 e. The van der Waals surface area contributed by atoms with E-state index >= 15 is 0 Å². The lowest BCUT2D eigenvalue weighted by Crippen LogP contribution is -2.44. The Morgan fingerprint density at radius 2 is 1.80 bits per heavy atom. The van der Waals surface area contributed by atoms with E-state index in [1.165, 1.54) is 11.3 Å². The number of benzene rings is 1. The van der Waals surface area contributed by atoms with Gasteiger partial charge in [0.15, 0.2) is 0 Å². The molecule has 1 heterocycles. The minimum absolute atomic E-state index is 0.162.